The van der Waals surface area contributed by atoms with Gasteiger partial charge in [-0.05, 0) is 36.5 Å². The summed E-state index contributed by atoms with van der Waals surface area (Å²) in [6, 6.07) is 17.2. The number of fused-ring (bicyclic) bond motifs is 1. The van der Waals surface area contributed by atoms with Gasteiger partial charge in [0.2, 0.25) is 0 Å². The minimum atomic E-state index is -0.862. The van der Waals surface area contributed by atoms with Gasteiger partial charge in [0.25, 0.3) is 0 Å². The fourth-order valence-electron chi connectivity index (χ4n) is 3.50. The fourth-order valence-corrected chi connectivity index (χ4v) is 3.50. The SMILES string of the molecule is O=C(O)CCC(Cc1ccccc1)NC(=O)NCC1CCOc2ccccc21. The lowest BCUT2D eigenvalue weighted by Gasteiger charge is -2.26. The van der Waals surface area contributed by atoms with Gasteiger partial charge in [-0.1, -0.05) is 48.5 Å². The summed E-state index contributed by atoms with van der Waals surface area (Å²) >= 11 is 0. The Morgan fingerprint density at radius 1 is 1.11 bits per heavy atom. The van der Waals surface area contributed by atoms with Crippen LogP contribution in [0.1, 0.15) is 36.3 Å². The third kappa shape index (κ3) is 5.74. The number of benzene rings is 2. The molecule has 2 unspecified atom stereocenters. The van der Waals surface area contributed by atoms with Gasteiger partial charge in [-0.15, -0.1) is 0 Å². The summed E-state index contributed by atoms with van der Waals surface area (Å²) in [5.74, 6) is 0.228. The molecule has 28 heavy (non-hydrogen) atoms. The van der Waals surface area contributed by atoms with Gasteiger partial charge in [0.1, 0.15) is 5.75 Å². The molecule has 2 amide bonds. The number of carbonyl (C=O) groups excluding carboxylic acids is 1. The highest BCUT2D eigenvalue weighted by molar-refractivity contribution is 5.74. The molecule has 3 N–H and O–H groups in total. The number of carboxylic acid groups (broad SMARTS) is 1. The van der Waals surface area contributed by atoms with Crippen LogP contribution in [0.3, 0.4) is 0 Å². The number of amides is 2. The predicted molar refractivity (Wildman–Crippen MR) is 107 cm³/mol. The summed E-state index contributed by atoms with van der Waals surface area (Å²) in [6.45, 7) is 1.16. The van der Waals surface area contributed by atoms with E-state index in [1.165, 1.54) is 0 Å². The largest absolute Gasteiger partial charge is 0.493 e. The maximum Gasteiger partial charge on any atom is 0.315 e. The zero-order chi connectivity index (χ0) is 19.8. The molecule has 1 aliphatic rings. The number of ether oxygens (including phenoxy) is 1. The Labute approximate surface area is 164 Å². The van der Waals surface area contributed by atoms with Crippen molar-refractivity contribution in [2.75, 3.05) is 13.2 Å². The smallest absolute Gasteiger partial charge is 0.315 e. The Hall–Kier alpha value is -3.02. The molecule has 6 nitrogen and oxygen atoms in total. The minimum Gasteiger partial charge on any atom is -0.493 e. The van der Waals surface area contributed by atoms with Crippen molar-refractivity contribution in [2.24, 2.45) is 0 Å². The molecular weight excluding hydrogens is 356 g/mol. The number of hydrogen-bond acceptors (Lipinski definition) is 3. The van der Waals surface area contributed by atoms with E-state index in [4.69, 9.17) is 9.84 Å². The first-order chi connectivity index (χ1) is 13.6. The molecule has 2 aromatic rings. The van der Waals surface area contributed by atoms with Crippen LogP contribution in [0.5, 0.6) is 5.75 Å². The molecule has 0 aliphatic carbocycles. The van der Waals surface area contributed by atoms with E-state index >= 15 is 0 Å². The minimum absolute atomic E-state index is 0.0190. The molecule has 1 aliphatic heterocycles. The van der Waals surface area contributed by atoms with E-state index in [1.807, 2.05) is 54.6 Å². The van der Waals surface area contributed by atoms with Gasteiger partial charge in [-0.25, -0.2) is 4.79 Å². The zero-order valence-corrected chi connectivity index (χ0v) is 15.8. The van der Waals surface area contributed by atoms with Crippen molar-refractivity contribution in [3.05, 3.63) is 65.7 Å². The number of urea groups is 1. The summed E-state index contributed by atoms with van der Waals surface area (Å²) in [4.78, 5) is 23.4. The van der Waals surface area contributed by atoms with Crippen molar-refractivity contribution >= 4 is 12.0 Å². The summed E-state index contributed by atoms with van der Waals surface area (Å²) < 4.78 is 5.66. The van der Waals surface area contributed by atoms with Crippen LogP contribution in [-0.4, -0.2) is 36.3 Å². The monoisotopic (exact) mass is 382 g/mol. The second kappa shape index (κ2) is 9.78. The van der Waals surface area contributed by atoms with Crippen LogP contribution in [-0.2, 0) is 11.2 Å². The molecule has 0 spiro atoms. The number of carboxylic acids is 1. The topological polar surface area (TPSA) is 87.7 Å². The van der Waals surface area contributed by atoms with Crippen molar-refractivity contribution in [2.45, 2.75) is 37.6 Å². The van der Waals surface area contributed by atoms with Gasteiger partial charge in [-0.2, -0.15) is 0 Å². The molecular formula is C22H26N2O4. The van der Waals surface area contributed by atoms with Crippen molar-refractivity contribution in [1.29, 1.82) is 0 Å². The number of rotatable bonds is 8. The van der Waals surface area contributed by atoms with Crippen LogP contribution in [0.4, 0.5) is 4.79 Å². The molecule has 1 heterocycles. The third-order valence-electron chi connectivity index (χ3n) is 4.96. The molecule has 0 bridgehead atoms. The molecule has 148 valence electrons. The van der Waals surface area contributed by atoms with Crippen LogP contribution < -0.4 is 15.4 Å². The standard InChI is InChI=1S/C22H26N2O4/c25-21(26)11-10-18(14-16-6-2-1-3-7-16)24-22(27)23-15-17-12-13-28-20-9-5-4-8-19(17)20/h1-9,17-18H,10-15H2,(H,25,26)(H2,23,24,27). The van der Waals surface area contributed by atoms with Gasteiger partial charge in [-0.3, -0.25) is 4.79 Å². The maximum absolute atomic E-state index is 12.4. The number of hydrogen-bond donors (Lipinski definition) is 3. The van der Waals surface area contributed by atoms with Crippen LogP contribution in [0.25, 0.3) is 0 Å². The first-order valence-corrected chi connectivity index (χ1v) is 9.63. The summed E-state index contributed by atoms with van der Waals surface area (Å²) in [5.41, 5.74) is 2.18. The van der Waals surface area contributed by atoms with Crippen molar-refractivity contribution in [3.8, 4) is 5.75 Å². The highest BCUT2D eigenvalue weighted by Crippen LogP contribution is 2.32. The van der Waals surface area contributed by atoms with Gasteiger partial charge >= 0.3 is 12.0 Å². The van der Waals surface area contributed by atoms with Crippen molar-refractivity contribution in [1.82, 2.24) is 10.6 Å². The summed E-state index contributed by atoms with van der Waals surface area (Å²) in [5, 5.41) is 14.9. The highest BCUT2D eigenvalue weighted by atomic mass is 16.5. The van der Waals surface area contributed by atoms with Crippen molar-refractivity contribution in [3.63, 3.8) is 0 Å². The van der Waals surface area contributed by atoms with Crippen LogP contribution in [0.2, 0.25) is 0 Å². The second-order valence-corrected chi connectivity index (χ2v) is 7.05. The van der Waals surface area contributed by atoms with E-state index in [2.05, 4.69) is 10.6 Å². The van der Waals surface area contributed by atoms with Crippen LogP contribution >= 0.6 is 0 Å². The number of nitrogens with one attached hydrogen (secondary N) is 2. The quantitative estimate of drug-likeness (QED) is 0.653. The molecule has 0 saturated heterocycles. The third-order valence-corrected chi connectivity index (χ3v) is 4.96. The molecule has 6 heteroatoms. The number of para-hydroxylation sites is 1. The molecule has 2 aromatic carbocycles. The molecule has 0 aromatic heterocycles. The summed E-state index contributed by atoms with van der Waals surface area (Å²) in [7, 11) is 0. The predicted octanol–water partition coefficient (Wildman–Crippen LogP) is 3.33. The maximum atomic E-state index is 12.4. The Kier molecular flexibility index (Phi) is 6.89. The van der Waals surface area contributed by atoms with E-state index in [9.17, 15) is 9.59 Å². The van der Waals surface area contributed by atoms with Crippen LogP contribution in [0.15, 0.2) is 54.6 Å². The zero-order valence-electron chi connectivity index (χ0n) is 15.8. The number of carbonyl (C=O) groups is 2. The van der Waals surface area contributed by atoms with Gasteiger partial charge in [0.05, 0.1) is 6.61 Å². The fraction of sp³-hybridized carbons (Fsp3) is 0.364. The Morgan fingerprint density at radius 2 is 1.86 bits per heavy atom. The van der Waals surface area contributed by atoms with E-state index in [0.717, 1.165) is 23.3 Å². The number of aliphatic carboxylic acids is 1. The highest BCUT2D eigenvalue weighted by Gasteiger charge is 2.22. The Morgan fingerprint density at radius 3 is 2.64 bits per heavy atom. The van der Waals surface area contributed by atoms with E-state index < -0.39 is 5.97 Å². The van der Waals surface area contributed by atoms with E-state index in [-0.39, 0.29) is 24.4 Å². The van der Waals surface area contributed by atoms with Crippen molar-refractivity contribution < 1.29 is 19.4 Å². The lowest BCUT2D eigenvalue weighted by atomic mass is 9.93. The first kappa shape index (κ1) is 19.7. The molecule has 3 rings (SSSR count). The molecule has 0 fully saturated rings. The average molecular weight is 382 g/mol. The lowest BCUT2D eigenvalue weighted by Crippen LogP contribution is -2.44. The van der Waals surface area contributed by atoms with Gasteiger partial charge < -0.3 is 20.5 Å². The Bertz CT molecular complexity index is 794. The summed E-state index contributed by atoms with van der Waals surface area (Å²) in [6.07, 6.45) is 1.86. The first-order valence-electron chi connectivity index (χ1n) is 9.63. The van der Waals surface area contributed by atoms with E-state index in [1.54, 1.807) is 0 Å². The van der Waals surface area contributed by atoms with Crippen LogP contribution in [0, 0.1) is 0 Å². The Balaban J connectivity index is 1.55. The van der Waals surface area contributed by atoms with E-state index in [0.29, 0.717) is 26.0 Å². The lowest BCUT2D eigenvalue weighted by molar-refractivity contribution is -0.137. The molecule has 0 saturated carbocycles. The average Bonchev–Trinajstić information content (AvgIpc) is 2.71. The molecule has 0 radical (unpaired) electrons. The second-order valence-electron chi connectivity index (χ2n) is 7.05. The molecule has 2 atom stereocenters. The van der Waals surface area contributed by atoms with Gasteiger partial charge in [0.15, 0.2) is 0 Å². The van der Waals surface area contributed by atoms with Gasteiger partial charge in [0, 0.05) is 24.9 Å². The normalized spacial score (nSPS) is 16.4.